The Morgan fingerprint density at radius 2 is 1.86 bits per heavy atom. The zero-order chi connectivity index (χ0) is 16.0. The summed E-state index contributed by atoms with van der Waals surface area (Å²) in [6, 6.07) is 4.87. The van der Waals surface area contributed by atoms with E-state index in [9.17, 15) is 8.42 Å². The van der Waals surface area contributed by atoms with Gasteiger partial charge in [-0.05, 0) is 38.0 Å². The van der Waals surface area contributed by atoms with Gasteiger partial charge in [-0.25, -0.2) is 8.42 Å². The van der Waals surface area contributed by atoms with Crippen molar-refractivity contribution in [2.45, 2.75) is 51.1 Å². The first-order valence-electron chi connectivity index (χ1n) is 7.36. The Kier molecular flexibility index (Phi) is 6.64. The fraction of sp³-hybridized carbons (Fsp3) is 0.600. The van der Waals surface area contributed by atoms with Crippen molar-refractivity contribution in [3.8, 4) is 5.75 Å². The molecule has 0 radical (unpaired) electrons. The standard InChI is InChI=1S/C15H26N2O3S/c1-5-13(6-2)17(4)21(18,19)14-8-9-15(20-7-3)12(10-14)11-16/h8-10,13H,5-7,11,16H2,1-4H3. The van der Waals surface area contributed by atoms with Gasteiger partial charge in [0.2, 0.25) is 10.0 Å². The van der Waals surface area contributed by atoms with Gasteiger partial charge < -0.3 is 10.5 Å². The zero-order valence-electron chi connectivity index (χ0n) is 13.3. The van der Waals surface area contributed by atoms with Crippen LogP contribution in [-0.2, 0) is 16.6 Å². The summed E-state index contributed by atoms with van der Waals surface area (Å²) in [5.41, 5.74) is 6.40. The predicted molar refractivity (Wildman–Crippen MR) is 84.8 cm³/mol. The van der Waals surface area contributed by atoms with Crippen LogP contribution in [0.5, 0.6) is 5.75 Å². The second-order valence-corrected chi connectivity index (χ2v) is 6.90. The summed E-state index contributed by atoms with van der Waals surface area (Å²) in [5.74, 6) is 0.643. The minimum Gasteiger partial charge on any atom is -0.494 e. The smallest absolute Gasteiger partial charge is 0.243 e. The van der Waals surface area contributed by atoms with Crippen molar-refractivity contribution in [2.75, 3.05) is 13.7 Å². The number of benzene rings is 1. The van der Waals surface area contributed by atoms with E-state index in [1.165, 1.54) is 4.31 Å². The van der Waals surface area contributed by atoms with Crippen LogP contribution >= 0.6 is 0 Å². The maximum absolute atomic E-state index is 12.7. The van der Waals surface area contributed by atoms with Crippen LogP contribution in [0, 0.1) is 0 Å². The van der Waals surface area contributed by atoms with Crippen LogP contribution < -0.4 is 10.5 Å². The molecule has 1 aromatic rings. The topological polar surface area (TPSA) is 72.6 Å². The largest absolute Gasteiger partial charge is 0.494 e. The fourth-order valence-electron chi connectivity index (χ4n) is 2.34. The Balaban J connectivity index is 3.20. The predicted octanol–water partition coefficient (Wildman–Crippen LogP) is 2.35. The highest BCUT2D eigenvalue weighted by Gasteiger charge is 2.26. The monoisotopic (exact) mass is 314 g/mol. The van der Waals surface area contributed by atoms with Crippen molar-refractivity contribution in [1.82, 2.24) is 4.31 Å². The molecule has 5 nitrogen and oxygen atoms in total. The molecule has 0 saturated carbocycles. The average Bonchev–Trinajstić information content (AvgIpc) is 2.48. The minimum atomic E-state index is -3.50. The maximum Gasteiger partial charge on any atom is 0.243 e. The molecule has 21 heavy (non-hydrogen) atoms. The Morgan fingerprint density at radius 3 is 2.33 bits per heavy atom. The lowest BCUT2D eigenvalue weighted by Crippen LogP contribution is -2.36. The second kappa shape index (κ2) is 7.77. The highest BCUT2D eigenvalue weighted by Crippen LogP contribution is 2.25. The van der Waals surface area contributed by atoms with Gasteiger partial charge in [-0.2, -0.15) is 4.31 Å². The van der Waals surface area contributed by atoms with E-state index in [0.717, 1.165) is 12.8 Å². The molecule has 0 aliphatic rings. The van der Waals surface area contributed by atoms with Crippen LogP contribution in [-0.4, -0.2) is 32.4 Å². The van der Waals surface area contributed by atoms with Crippen LogP contribution in [0.3, 0.4) is 0 Å². The molecule has 0 fully saturated rings. The molecule has 6 heteroatoms. The molecule has 0 amide bonds. The van der Waals surface area contributed by atoms with Gasteiger partial charge in [-0.15, -0.1) is 0 Å². The zero-order valence-corrected chi connectivity index (χ0v) is 14.1. The molecule has 0 saturated heterocycles. The van der Waals surface area contributed by atoms with E-state index < -0.39 is 10.0 Å². The molecule has 120 valence electrons. The SMILES string of the molecule is CCOc1ccc(S(=O)(=O)N(C)C(CC)CC)cc1CN. The molecular weight excluding hydrogens is 288 g/mol. The number of nitrogens with two attached hydrogens (primary N) is 1. The van der Waals surface area contributed by atoms with Crippen molar-refractivity contribution in [3.63, 3.8) is 0 Å². The summed E-state index contributed by atoms with van der Waals surface area (Å²) in [5, 5.41) is 0. The highest BCUT2D eigenvalue weighted by atomic mass is 32.2. The van der Waals surface area contributed by atoms with Gasteiger partial charge in [0.15, 0.2) is 0 Å². The summed E-state index contributed by atoms with van der Waals surface area (Å²) >= 11 is 0. The third-order valence-electron chi connectivity index (χ3n) is 3.69. The van der Waals surface area contributed by atoms with Gasteiger partial charge >= 0.3 is 0 Å². The molecule has 2 N–H and O–H groups in total. The summed E-state index contributed by atoms with van der Waals surface area (Å²) < 4.78 is 32.3. The molecule has 0 bridgehead atoms. The Morgan fingerprint density at radius 1 is 1.24 bits per heavy atom. The van der Waals surface area contributed by atoms with Gasteiger partial charge in [0, 0.05) is 25.2 Å². The molecule has 1 aromatic carbocycles. The van der Waals surface area contributed by atoms with E-state index in [1.54, 1.807) is 25.2 Å². The maximum atomic E-state index is 12.7. The number of hydrogen-bond acceptors (Lipinski definition) is 4. The molecule has 0 spiro atoms. The number of ether oxygens (including phenoxy) is 1. The van der Waals surface area contributed by atoms with Crippen LogP contribution in [0.2, 0.25) is 0 Å². The lowest BCUT2D eigenvalue weighted by Gasteiger charge is -2.26. The lowest BCUT2D eigenvalue weighted by molar-refractivity contribution is 0.336. The first-order chi connectivity index (χ1) is 9.92. The molecular formula is C15H26N2O3S. The third-order valence-corrected chi connectivity index (χ3v) is 5.59. The Labute approximate surface area is 128 Å². The first-order valence-corrected chi connectivity index (χ1v) is 8.80. The van der Waals surface area contributed by atoms with Crippen LogP contribution in [0.15, 0.2) is 23.1 Å². The molecule has 0 aromatic heterocycles. The van der Waals surface area contributed by atoms with Gasteiger partial charge in [-0.1, -0.05) is 13.8 Å². The minimum absolute atomic E-state index is 0.00268. The highest BCUT2D eigenvalue weighted by molar-refractivity contribution is 7.89. The summed E-state index contributed by atoms with van der Waals surface area (Å²) in [7, 11) is -1.87. The van der Waals surface area contributed by atoms with Crippen LogP contribution in [0.1, 0.15) is 39.2 Å². The molecule has 0 heterocycles. The van der Waals surface area contributed by atoms with E-state index in [2.05, 4.69) is 0 Å². The van der Waals surface area contributed by atoms with E-state index >= 15 is 0 Å². The summed E-state index contributed by atoms with van der Waals surface area (Å²) in [6.07, 6.45) is 1.57. The molecule has 1 rings (SSSR count). The van der Waals surface area contributed by atoms with Crippen molar-refractivity contribution >= 4 is 10.0 Å². The Hall–Kier alpha value is -1.11. The van der Waals surface area contributed by atoms with Crippen molar-refractivity contribution in [2.24, 2.45) is 5.73 Å². The van der Waals surface area contributed by atoms with Crippen molar-refractivity contribution in [3.05, 3.63) is 23.8 Å². The number of rotatable bonds is 8. The van der Waals surface area contributed by atoms with E-state index in [1.807, 2.05) is 20.8 Å². The van der Waals surface area contributed by atoms with Gasteiger partial charge in [0.1, 0.15) is 5.75 Å². The number of nitrogens with zero attached hydrogens (tertiary/aromatic N) is 1. The van der Waals surface area contributed by atoms with E-state index in [-0.39, 0.29) is 17.5 Å². The van der Waals surface area contributed by atoms with Crippen LogP contribution in [0.25, 0.3) is 0 Å². The van der Waals surface area contributed by atoms with Crippen molar-refractivity contribution < 1.29 is 13.2 Å². The van der Waals surface area contributed by atoms with Gasteiger partial charge in [-0.3, -0.25) is 0 Å². The summed E-state index contributed by atoms with van der Waals surface area (Å²) in [4.78, 5) is 0.265. The quantitative estimate of drug-likeness (QED) is 0.799. The van der Waals surface area contributed by atoms with Crippen LogP contribution in [0.4, 0.5) is 0 Å². The number of sulfonamides is 1. The molecule has 0 aliphatic carbocycles. The second-order valence-electron chi connectivity index (χ2n) is 4.90. The number of hydrogen-bond donors (Lipinski definition) is 1. The normalized spacial score (nSPS) is 12.1. The van der Waals surface area contributed by atoms with Crippen molar-refractivity contribution in [1.29, 1.82) is 0 Å². The fourth-order valence-corrected chi connectivity index (χ4v) is 3.89. The van der Waals surface area contributed by atoms with Gasteiger partial charge in [0.05, 0.1) is 11.5 Å². The molecule has 0 aliphatic heterocycles. The summed E-state index contributed by atoms with van der Waals surface area (Å²) in [6.45, 7) is 6.62. The lowest BCUT2D eigenvalue weighted by atomic mass is 10.2. The molecule has 0 unspecified atom stereocenters. The van der Waals surface area contributed by atoms with E-state index in [4.69, 9.17) is 10.5 Å². The third kappa shape index (κ3) is 3.96. The van der Waals surface area contributed by atoms with Gasteiger partial charge in [0.25, 0.3) is 0 Å². The average molecular weight is 314 g/mol. The van der Waals surface area contributed by atoms with E-state index in [0.29, 0.717) is 17.9 Å². The first kappa shape index (κ1) is 17.9. The Bertz CT molecular complexity index is 554. The molecule has 0 atom stereocenters.